The Hall–Kier alpha value is -3.10. The molecule has 0 spiro atoms. The van der Waals surface area contributed by atoms with E-state index in [0.717, 1.165) is 11.3 Å². The molecule has 0 atom stereocenters. The highest BCUT2D eigenvalue weighted by atomic mass is 35.5. The van der Waals surface area contributed by atoms with Crippen LogP contribution < -0.4 is 0 Å². The van der Waals surface area contributed by atoms with Crippen molar-refractivity contribution in [3.63, 3.8) is 0 Å². The lowest BCUT2D eigenvalue weighted by Crippen LogP contribution is -2.26. The van der Waals surface area contributed by atoms with E-state index in [-0.39, 0.29) is 11.1 Å². The molecule has 0 fully saturated rings. The fraction of sp³-hybridized carbons (Fsp3) is 0.150. The zero-order valence-corrected chi connectivity index (χ0v) is 15.2. The second-order valence-electron chi connectivity index (χ2n) is 5.97. The number of halogens is 1. The molecule has 6 heteroatoms. The van der Waals surface area contributed by atoms with Gasteiger partial charge in [-0.05, 0) is 36.8 Å². The second-order valence-corrected chi connectivity index (χ2v) is 6.33. The minimum atomic E-state index is -0.211. The zero-order valence-electron chi connectivity index (χ0n) is 14.5. The van der Waals surface area contributed by atoms with Crippen LogP contribution in [-0.2, 0) is 6.54 Å². The maximum Gasteiger partial charge on any atom is 0.258 e. The Morgan fingerprint density at radius 2 is 1.96 bits per heavy atom. The third-order valence-corrected chi connectivity index (χ3v) is 4.39. The van der Waals surface area contributed by atoms with Crippen LogP contribution in [0.4, 0.5) is 0 Å². The van der Waals surface area contributed by atoms with E-state index >= 15 is 0 Å². The molecular formula is C20H17ClN4O. The van der Waals surface area contributed by atoms with Crippen molar-refractivity contribution in [3.05, 3.63) is 82.1 Å². The number of nitriles is 1. The van der Waals surface area contributed by atoms with Crippen molar-refractivity contribution in [2.45, 2.75) is 13.5 Å². The summed E-state index contributed by atoms with van der Waals surface area (Å²) in [4.78, 5) is 14.5. The zero-order chi connectivity index (χ0) is 18.7. The number of aromatic nitrogens is 2. The Labute approximate surface area is 157 Å². The van der Waals surface area contributed by atoms with E-state index in [1.165, 1.54) is 0 Å². The summed E-state index contributed by atoms with van der Waals surface area (Å²) >= 11 is 6.46. The summed E-state index contributed by atoms with van der Waals surface area (Å²) in [6, 6.07) is 18.7. The molecule has 0 unspecified atom stereocenters. The fourth-order valence-electron chi connectivity index (χ4n) is 2.76. The van der Waals surface area contributed by atoms with Gasteiger partial charge in [-0.2, -0.15) is 10.4 Å². The Kier molecular flexibility index (Phi) is 5.06. The minimum absolute atomic E-state index is 0.211. The summed E-state index contributed by atoms with van der Waals surface area (Å²) in [6.45, 7) is 2.14. The van der Waals surface area contributed by atoms with Crippen LogP contribution in [0, 0.1) is 18.3 Å². The molecule has 0 saturated heterocycles. The van der Waals surface area contributed by atoms with Gasteiger partial charge in [0.15, 0.2) is 0 Å². The van der Waals surface area contributed by atoms with E-state index in [2.05, 4.69) is 11.2 Å². The summed E-state index contributed by atoms with van der Waals surface area (Å²) < 4.78 is 1.56. The van der Waals surface area contributed by atoms with Crippen molar-refractivity contribution < 1.29 is 4.79 Å². The monoisotopic (exact) mass is 364 g/mol. The number of benzene rings is 2. The molecule has 0 aliphatic carbocycles. The van der Waals surface area contributed by atoms with Gasteiger partial charge in [0.2, 0.25) is 0 Å². The quantitative estimate of drug-likeness (QED) is 0.703. The molecule has 26 heavy (non-hydrogen) atoms. The normalized spacial score (nSPS) is 10.4. The van der Waals surface area contributed by atoms with Gasteiger partial charge in [-0.1, -0.05) is 41.9 Å². The first-order valence-corrected chi connectivity index (χ1v) is 8.44. The fourth-order valence-corrected chi connectivity index (χ4v) is 3.11. The Balaban J connectivity index is 1.88. The van der Waals surface area contributed by atoms with Gasteiger partial charge < -0.3 is 4.90 Å². The van der Waals surface area contributed by atoms with Crippen LogP contribution in [-0.4, -0.2) is 27.6 Å². The smallest absolute Gasteiger partial charge is 0.258 e. The molecule has 5 nitrogen and oxygen atoms in total. The van der Waals surface area contributed by atoms with E-state index < -0.39 is 0 Å². The van der Waals surface area contributed by atoms with E-state index in [9.17, 15) is 4.79 Å². The summed E-state index contributed by atoms with van der Waals surface area (Å²) in [5.41, 5.74) is 3.19. The summed E-state index contributed by atoms with van der Waals surface area (Å²) in [5, 5.41) is 13.7. The number of carbonyl (C=O) groups excluding carboxylic acids is 1. The summed E-state index contributed by atoms with van der Waals surface area (Å²) in [5.74, 6) is -0.211. The number of rotatable bonds is 4. The van der Waals surface area contributed by atoms with Crippen molar-refractivity contribution in [3.8, 4) is 11.8 Å². The molecule has 3 aromatic rings. The molecule has 0 aliphatic heterocycles. The van der Waals surface area contributed by atoms with Crippen LogP contribution in [0.25, 0.3) is 5.69 Å². The Morgan fingerprint density at radius 1 is 1.23 bits per heavy atom. The van der Waals surface area contributed by atoms with Crippen molar-refractivity contribution in [2.75, 3.05) is 7.05 Å². The molecule has 0 bridgehead atoms. The SMILES string of the molecule is Cc1nn(-c2ccccc2)c(Cl)c1C(=O)N(C)Cc1cccc(C#N)c1. The average Bonchev–Trinajstić information content (AvgIpc) is 2.96. The minimum Gasteiger partial charge on any atom is -0.337 e. The maximum absolute atomic E-state index is 12.9. The molecule has 3 rings (SSSR count). The van der Waals surface area contributed by atoms with Gasteiger partial charge in [0.25, 0.3) is 5.91 Å². The molecule has 1 amide bonds. The van der Waals surface area contributed by atoms with Gasteiger partial charge in [0.05, 0.1) is 28.6 Å². The molecule has 1 aromatic heterocycles. The number of hydrogen-bond donors (Lipinski definition) is 0. The first-order valence-electron chi connectivity index (χ1n) is 8.06. The van der Waals surface area contributed by atoms with Crippen LogP contribution in [0.1, 0.15) is 27.2 Å². The maximum atomic E-state index is 12.9. The van der Waals surface area contributed by atoms with Crippen molar-refractivity contribution >= 4 is 17.5 Å². The number of hydrogen-bond acceptors (Lipinski definition) is 3. The van der Waals surface area contributed by atoms with Gasteiger partial charge in [-0.25, -0.2) is 4.68 Å². The van der Waals surface area contributed by atoms with Gasteiger partial charge in [-0.15, -0.1) is 0 Å². The van der Waals surface area contributed by atoms with Crippen molar-refractivity contribution in [2.24, 2.45) is 0 Å². The van der Waals surface area contributed by atoms with Crippen LogP contribution in [0.2, 0.25) is 5.15 Å². The highest BCUT2D eigenvalue weighted by molar-refractivity contribution is 6.33. The van der Waals surface area contributed by atoms with Crippen LogP contribution in [0.15, 0.2) is 54.6 Å². The molecule has 1 heterocycles. The molecule has 130 valence electrons. The Morgan fingerprint density at radius 3 is 2.65 bits per heavy atom. The highest BCUT2D eigenvalue weighted by Crippen LogP contribution is 2.25. The number of para-hydroxylation sites is 1. The molecule has 0 N–H and O–H groups in total. The number of aryl methyl sites for hydroxylation is 1. The topological polar surface area (TPSA) is 61.9 Å². The van der Waals surface area contributed by atoms with E-state index in [1.807, 2.05) is 36.4 Å². The van der Waals surface area contributed by atoms with Gasteiger partial charge >= 0.3 is 0 Å². The van der Waals surface area contributed by atoms with Crippen LogP contribution >= 0.6 is 11.6 Å². The predicted molar refractivity (Wildman–Crippen MR) is 100 cm³/mol. The van der Waals surface area contributed by atoms with E-state index in [4.69, 9.17) is 16.9 Å². The third kappa shape index (κ3) is 3.46. The molecule has 0 aliphatic rings. The largest absolute Gasteiger partial charge is 0.337 e. The van der Waals surface area contributed by atoms with Gasteiger partial charge in [0, 0.05) is 13.6 Å². The lowest BCUT2D eigenvalue weighted by atomic mass is 10.1. The van der Waals surface area contributed by atoms with Gasteiger partial charge in [-0.3, -0.25) is 4.79 Å². The molecular weight excluding hydrogens is 348 g/mol. The van der Waals surface area contributed by atoms with Crippen LogP contribution in [0.3, 0.4) is 0 Å². The molecule has 0 saturated carbocycles. The highest BCUT2D eigenvalue weighted by Gasteiger charge is 2.24. The van der Waals surface area contributed by atoms with E-state index in [0.29, 0.717) is 23.4 Å². The molecule has 2 aromatic carbocycles. The van der Waals surface area contributed by atoms with Gasteiger partial charge in [0.1, 0.15) is 5.15 Å². The first-order chi connectivity index (χ1) is 12.5. The first kappa shape index (κ1) is 17.7. The number of amides is 1. The lowest BCUT2D eigenvalue weighted by molar-refractivity contribution is 0.0784. The summed E-state index contributed by atoms with van der Waals surface area (Å²) in [7, 11) is 1.71. The van der Waals surface area contributed by atoms with E-state index in [1.54, 1.807) is 41.8 Å². The second kappa shape index (κ2) is 7.42. The number of nitrogens with zero attached hydrogens (tertiary/aromatic N) is 4. The Bertz CT molecular complexity index is 989. The standard InChI is InChI=1S/C20H17ClN4O/c1-14-18(19(21)25(23-14)17-9-4-3-5-10-17)20(26)24(2)13-16-8-6-7-15(11-16)12-22/h3-11H,13H2,1-2H3. The average molecular weight is 365 g/mol. The van der Waals surface area contributed by atoms with Crippen molar-refractivity contribution in [1.29, 1.82) is 5.26 Å². The molecule has 0 radical (unpaired) electrons. The predicted octanol–water partition coefficient (Wildman–Crippen LogP) is 3.98. The van der Waals surface area contributed by atoms with Crippen molar-refractivity contribution in [1.82, 2.24) is 14.7 Å². The lowest BCUT2D eigenvalue weighted by Gasteiger charge is -2.17. The number of carbonyl (C=O) groups is 1. The van der Waals surface area contributed by atoms with Crippen LogP contribution in [0.5, 0.6) is 0 Å². The third-order valence-electron chi connectivity index (χ3n) is 4.04. The summed E-state index contributed by atoms with van der Waals surface area (Å²) in [6.07, 6.45) is 0.